The molecular weight excluding hydrogens is 466 g/mol. The topological polar surface area (TPSA) is 79.4 Å². The van der Waals surface area contributed by atoms with Gasteiger partial charge < -0.3 is 5.32 Å². The second-order valence-electron chi connectivity index (χ2n) is 8.99. The number of rotatable bonds is 9. The van der Waals surface area contributed by atoms with Gasteiger partial charge in [0, 0.05) is 18.0 Å². The van der Waals surface area contributed by atoms with Crippen LogP contribution in [0.15, 0.2) is 59.5 Å². The number of anilines is 1. The van der Waals surface area contributed by atoms with Crippen molar-refractivity contribution in [2.45, 2.75) is 51.1 Å². The fourth-order valence-electron chi connectivity index (χ4n) is 4.42. The van der Waals surface area contributed by atoms with Gasteiger partial charge in [-0.1, -0.05) is 63.2 Å². The lowest BCUT2D eigenvalue weighted by Gasteiger charge is -2.27. The molecule has 0 radical (unpaired) electrons. The summed E-state index contributed by atoms with van der Waals surface area (Å²) in [6.07, 6.45) is 1.18. The summed E-state index contributed by atoms with van der Waals surface area (Å²) in [7, 11) is -3.24. The number of carbonyl (C=O) groups excluding carboxylic acids is 1. The highest BCUT2D eigenvalue weighted by molar-refractivity contribution is 7.91. The van der Waals surface area contributed by atoms with Gasteiger partial charge >= 0.3 is 0 Å². The monoisotopic (exact) mass is 497 g/mol. The number of fused-ring (bicyclic) bond motifs is 1. The van der Waals surface area contributed by atoms with Gasteiger partial charge in [0.15, 0.2) is 15.0 Å². The van der Waals surface area contributed by atoms with Crippen LogP contribution in [0.25, 0.3) is 0 Å². The van der Waals surface area contributed by atoms with E-state index in [-0.39, 0.29) is 29.0 Å². The van der Waals surface area contributed by atoms with Crippen molar-refractivity contribution in [1.29, 1.82) is 0 Å². The van der Waals surface area contributed by atoms with Crippen LogP contribution in [-0.4, -0.2) is 36.5 Å². The number of benzene rings is 2. The minimum Gasteiger partial charge on any atom is -0.302 e. The molecule has 0 aliphatic carbocycles. The summed E-state index contributed by atoms with van der Waals surface area (Å²) in [4.78, 5) is 21.4. The van der Waals surface area contributed by atoms with E-state index in [1.54, 1.807) is 42.5 Å². The number of hydrogen-bond donors (Lipinski definition) is 1. The third-order valence-corrected chi connectivity index (χ3v) is 8.91. The van der Waals surface area contributed by atoms with Gasteiger partial charge in [0.2, 0.25) is 5.91 Å². The standard InChI is InChI=1S/C26H31N3O3S2/c1-4-34(31,32)21-12-10-20(11-13-21)16-23(30)27-26-28-24-22(33-26)17-29(25(24)18(2)3)15-14-19-8-6-5-7-9-19/h5-13,18,25H,4,14-17H2,1-3H3,(H,27,28,30)/t25-/m1/s1. The highest BCUT2D eigenvalue weighted by Crippen LogP contribution is 2.42. The number of sulfone groups is 1. The second kappa shape index (κ2) is 10.4. The van der Waals surface area contributed by atoms with Crippen LogP contribution >= 0.6 is 11.3 Å². The molecule has 8 heteroatoms. The summed E-state index contributed by atoms with van der Waals surface area (Å²) in [5.41, 5.74) is 3.18. The van der Waals surface area contributed by atoms with Crippen LogP contribution in [0.2, 0.25) is 0 Å². The van der Waals surface area contributed by atoms with Crippen LogP contribution in [0.3, 0.4) is 0 Å². The van der Waals surface area contributed by atoms with Crippen molar-refractivity contribution in [1.82, 2.24) is 9.88 Å². The molecule has 0 unspecified atom stereocenters. The molecule has 1 N–H and O–H groups in total. The van der Waals surface area contributed by atoms with Crippen molar-refractivity contribution in [3.63, 3.8) is 0 Å². The summed E-state index contributed by atoms with van der Waals surface area (Å²) in [5, 5.41) is 3.57. The van der Waals surface area contributed by atoms with Gasteiger partial charge in [-0.25, -0.2) is 13.4 Å². The fraction of sp³-hybridized carbons (Fsp3) is 0.385. The predicted molar refractivity (Wildman–Crippen MR) is 137 cm³/mol. The van der Waals surface area contributed by atoms with Crippen LogP contribution in [0.1, 0.15) is 48.5 Å². The number of amides is 1. The fourth-order valence-corrected chi connectivity index (χ4v) is 6.35. The Balaban J connectivity index is 1.38. The van der Waals surface area contributed by atoms with Crippen molar-refractivity contribution in [2.24, 2.45) is 5.92 Å². The second-order valence-corrected chi connectivity index (χ2v) is 12.4. The third kappa shape index (κ3) is 5.56. The van der Waals surface area contributed by atoms with Gasteiger partial charge in [0.1, 0.15) is 0 Å². The molecule has 1 atom stereocenters. The number of thiazole rings is 1. The minimum atomic E-state index is -3.24. The number of aromatic nitrogens is 1. The molecule has 6 nitrogen and oxygen atoms in total. The van der Waals surface area contributed by atoms with Gasteiger partial charge in [-0.15, -0.1) is 11.3 Å². The van der Waals surface area contributed by atoms with Crippen molar-refractivity contribution in [3.05, 3.63) is 76.3 Å². The van der Waals surface area contributed by atoms with Crippen molar-refractivity contribution >= 4 is 32.2 Å². The van der Waals surface area contributed by atoms with Crippen LogP contribution < -0.4 is 5.32 Å². The number of nitrogens with one attached hydrogen (secondary N) is 1. The zero-order valence-corrected chi connectivity index (χ0v) is 21.5. The van der Waals surface area contributed by atoms with E-state index in [2.05, 4.69) is 48.3 Å². The Morgan fingerprint density at radius 2 is 1.82 bits per heavy atom. The van der Waals surface area contributed by atoms with Gasteiger partial charge in [0.25, 0.3) is 0 Å². The first kappa shape index (κ1) is 24.6. The first-order chi connectivity index (χ1) is 16.3. The van der Waals surface area contributed by atoms with E-state index in [9.17, 15) is 13.2 Å². The van der Waals surface area contributed by atoms with Crippen LogP contribution in [-0.2, 0) is 34.0 Å². The Hall–Kier alpha value is -2.55. The van der Waals surface area contributed by atoms with Crippen molar-refractivity contribution in [3.8, 4) is 0 Å². The smallest absolute Gasteiger partial charge is 0.230 e. The van der Waals surface area contributed by atoms with E-state index in [0.29, 0.717) is 11.0 Å². The Kier molecular flexibility index (Phi) is 7.50. The average molecular weight is 498 g/mol. The Morgan fingerprint density at radius 1 is 1.12 bits per heavy atom. The third-order valence-electron chi connectivity index (χ3n) is 6.18. The lowest BCUT2D eigenvalue weighted by atomic mass is 10.0. The summed E-state index contributed by atoms with van der Waals surface area (Å²) < 4.78 is 23.9. The molecule has 1 amide bonds. The van der Waals surface area contributed by atoms with Gasteiger partial charge in [0.05, 0.1) is 28.8 Å². The van der Waals surface area contributed by atoms with E-state index in [1.807, 2.05) is 6.07 Å². The highest BCUT2D eigenvalue weighted by atomic mass is 32.2. The normalized spacial score (nSPS) is 16.1. The first-order valence-electron chi connectivity index (χ1n) is 11.7. The summed E-state index contributed by atoms with van der Waals surface area (Å²) in [6.45, 7) is 7.88. The molecular formula is C26H31N3O3S2. The Bertz CT molecular complexity index is 1240. The molecule has 0 spiro atoms. The van der Waals surface area contributed by atoms with E-state index in [0.717, 1.165) is 30.8 Å². The molecule has 1 aromatic heterocycles. The maximum atomic E-state index is 12.6. The van der Waals surface area contributed by atoms with Crippen LogP contribution in [0.4, 0.5) is 5.13 Å². The molecule has 34 heavy (non-hydrogen) atoms. The number of hydrogen-bond acceptors (Lipinski definition) is 6. The largest absolute Gasteiger partial charge is 0.302 e. The molecule has 0 fully saturated rings. The van der Waals surface area contributed by atoms with E-state index in [4.69, 9.17) is 4.98 Å². The molecule has 0 saturated heterocycles. The van der Waals surface area contributed by atoms with E-state index >= 15 is 0 Å². The SMILES string of the molecule is CCS(=O)(=O)c1ccc(CC(=O)Nc2nc3c(s2)CN(CCc2ccccc2)[C@@H]3C(C)C)cc1. The van der Waals surface area contributed by atoms with E-state index < -0.39 is 9.84 Å². The molecule has 3 aromatic rings. The zero-order chi connectivity index (χ0) is 24.3. The zero-order valence-electron chi connectivity index (χ0n) is 19.8. The first-order valence-corrected chi connectivity index (χ1v) is 14.1. The minimum absolute atomic E-state index is 0.0581. The lowest BCUT2D eigenvalue weighted by Crippen LogP contribution is -2.28. The summed E-state index contributed by atoms with van der Waals surface area (Å²) in [5.74, 6) is 0.323. The molecule has 1 aliphatic heterocycles. The lowest BCUT2D eigenvalue weighted by molar-refractivity contribution is -0.115. The summed E-state index contributed by atoms with van der Waals surface area (Å²) >= 11 is 1.55. The van der Waals surface area contributed by atoms with Gasteiger partial charge in [-0.2, -0.15) is 0 Å². The molecule has 180 valence electrons. The van der Waals surface area contributed by atoms with E-state index in [1.165, 1.54) is 10.4 Å². The number of nitrogens with zero attached hydrogens (tertiary/aromatic N) is 2. The quantitative estimate of drug-likeness (QED) is 0.456. The van der Waals surface area contributed by atoms with Crippen LogP contribution in [0.5, 0.6) is 0 Å². The van der Waals surface area contributed by atoms with Crippen molar-refractivity contribution < 1.29 is 13.2 Å². The molecule has 1 aliphatic rings. The molecule has 2 heterocycles. The predicted octanol–water partition coefficient (Wildman–Crippen LogP) is 4.87. The molecule has 0 saturated carbocycles. The molecule has 0 bridgehead atoms. The van der Waals surface area contributed by atoms with Gasteiger partial charge in [-0.3, -0.25) is 9.69 Å². The number of carbonyl (C=O) groups is 1. The molecule has 2 aromatic carbocycles. The maximum Gasteiger partial charge on any atom is 0.230 e. The van der Waals surface area contributed by atoms with Crippen molar-refractivity contribution in [2.75, 3.05) is 17.6 Å². The highest BCUT2D eigenvalue weighted by Gasteiger charge is 2.35. The average Bonchev–Trinajstić information content (AvgIpc) is 3.35. The van der Waals surface area contributed by atoms with Gasteiger partial charge in [-0.05, 0) is 35.6 Å². The maximum absolute atomic E-state index is 12.6. The summed E-state index contributed by atoms with van der Waals surface area (Å²) in [6, 6.07) is 17.3. The van der Waals surface area contributed by atoms with Crippen LogP contribution in [0, 0.1) is 5.92 Å². The Labute approximate surface area is 206 Å². The Morgan fingerprint density at radius 3 is 2.47 bits per heavy atom. The molecule has 4 rings (SSSR count).